The molecule has 220 valence electrons. The van der Waals surface area contributed by atoms with Gasteiger partial charge in [0.25, 0.3) is 0 Å². The van der Waals surface area contributed by atoms with Gasteiger partial charge < -0.3 is 4.90 Å². The summed E-state index contributed by atoms with van der Waals surface area (Å²) in [6.45, 7) is 4.51. The van der Waals surface area contributed by atoms with Crippen LogP contribution in [0.4, 0.5) is 0 Å². The predicted octanol–water partition coefficient (Wildman–Crippen LogP) is 5.94. The number of benzene rings is 4. The minimum absolute atomic E-state index is 0.00413. The molecule has 6 rings (SSSR count). The zero-order valence-electron chi connectivity index (χ0n) is 24.3. The summed E-state index contributed by atoms with van der Waals surface area (Å²) in [7, 11) is -3.15. The molecule has 0 radical (unpaired) electrons. The molecule has 0 spiro atoms. The Morgan fingerprint density at radius 1 is 0.953 bits per heavy atom. The van der Waals surface area contributed by atoms with Crippen molar-refractivity contribution in [2.75, 3.05) is 17.3 Å². The fourth-order valence-electron chi connectivity index (χ4n) is 5.85. The maximum atomic E-state index is 13.8. The highest BCUT2D eigenvalue weighted by Gasteiger charge is 2.35. The van der Waals surface area contributed by atoms with Crippen LogP contribution >= 0.6 is 11.8 Å². The number of rotatable bonds is 9. The van der Waals surface area contributed by atoms with Crippen molar-refractivity contribution < 1.29 is 13.2 Å². The molecule has 2 heterocycles. The van der Waals surface area contributed by atoms with E-state index in [-0.39, 0.29) is 29.2 Å². The second-order valence-corrected chi connectivity index (χ2v) is 14.4. The molecule has 1 aliphatic heterocycles. The summed E-state index contributed by atoms with van der Waals surface area (Å²) in [4.78, 5) is 15.5. The number of nitrogens with zero attached hydrogens (tertiary/aromatic N) is 4. The largest absolute Gasteiger partial charge is 0.334 e. The first kappa shape index (κ1) is 29.1. The molecule has 4 aromatic carbocycles. The van der Waals surface area contributed by atoms with Crippen LogP contribution in [-0.2, 0) is 27.6 Å². The van der Waals surface area contributed by atoms with Gasteiger partial charge in [-0.05, 0) is 53.8 Å². The maximum absolute atomic E-state index is 13.8. The Balaban J connectivity index is 1.31. The van der Waals surface area contributed by atoms with E-state index in [1.54, 1.807) is 4.90 Å². The highest BCUT2D eigenvalue weighted by atomic mass is 32.2. The van der Waals surface area contributed by atoms with Crippen LogP contribution in [-0.4, -0.2) is 57.3 Å². The van der Waals surface area contributed by atoms with Crippen LogP contribution in [0.1, 0.15) is 34.5 Å². The van der Waals surface area contributed by atoms with Gasteiger partial charge in [0.2, 0.25) is 5.91 Å². The van der Waals surface area contributed by atoms with Gasteiger partial charge in [0.1, 0.15) is 5.82 Å². The minimum atomic E-state index is -3.15. The molecule has 5 aromatic rings. The normalized spacial score (nSPS) is 16.0. The van der Waals surface area contributed by atoms with Crippen LogP contribution in [0.3, 0.4) is 0 Å². The zero-order chi connectivity index (χ0) is 30.0. The van der Waals surface area contributed by atoms with Crippen molar-refractivity contribution in [3.63, 3.8) is 0 Å². The van der Waals surface area contributed by atoms with E-state index in [1.165, 1.54) is 22.5 Å². The number of carbonyl (C=O) groups excluding carboxylic acids is 1. The number of thioether (sulfide) groups is 1. The molecular formula is C34H34N4O3S2. The van der Waals surface area contributed by atoms with Crippen LogP contribution in [0.25, 0.3) is 16.5 Å². The Hall–Kier alpha value is -3.95. The van der Waals surface area contributed by atoms with Gasteiger partial charge in [-0.1, -0.05) is 102 Å². The number of hydrogen-bond acceptors (Lipinski definition) is 6. The number of amides is 1. The van der Waals surface area contributed by atoms with Gasteiger partial charge in [-0.2, -0.15) is 0 Å². The Kier molecular flexibility index (Phi) is 8.36. The van der Waals surface area contributed by atoms with Gasteiger partial charge in [0, 0.05) is 19.0 Å². The van der Waals surface area contributed by atoms with Crippen LogP contribution < -0.4 is 0 Å². The fourth-order valence-corrected chi connectivity index (χ4v) is 8.44. The SMILES string of the molecule is Cc1ccc(-n2c(Cc3cccc4ccccc34)nnc2SCC(=O)N(Cc2ccccc2)[C@@H]2CCS(=O)(=O)C2)c(C)c1. The van der Waals surface area contributed by atoms with Crippen molar-refractivity contribution in [1.82, 2.24) is 19.7 Å². The summed E-state index contributed by atoms with van der Waals surface area (Å²) >= 11 is 1.34. The number of sulfone groups is 1. The first-order chi connectivity index (χ1) is 20.8. The van der Waals surface area contributed by atoms with E-state index < -0.39 is 9.84 Å². The van der Waals surface area contributed by atoms with E-state index in [1.807, 2.05) is 42.5 Å². The smallest absolute Gasteiger partial charge is 0.233 e. The molecule has 0 saturated carbocycles. The average molecular weight is 611 g/mol. The molecule has 1 amide bonds. The summed E-state index contributed by atoms with van der Waals surface area (Å²) in [5.41, 5.74) is 5.36. The van der Waals surface area contributed by atoms with Crippen molar-refractivity contribution in [2.45, 2.75) is 44.4 Å². The zero-order valence-corrected chi connectivity index (χ0v) is 25.9. The highest BCUT2D eigenvalue weighted by Crippen LogP contribution is 2.29. The van der Waals surface area contributed by atoms with E-state index in [0.717, 1.165) is 33.8 Å². The quantitative estimate of drug-likeness (QED) is 0.192. The van der Waals surface area contributed by atoms with Crippen LogP contribution in [0.5, 0.6) is 0 Å². The second kappa shape index (κ2) is 12.3. The molecule has 7 nitrogen and oxygen atoms in total. The average Bonchev–Trinajstić information content (AvgIpc) is 3.57. The number of aryl methyl sites for hydroxylation is 2. The highest BCUT2D eigenvalue weighted by molar-refractivity contribution is 7.99. The van der Waals surface area contributed by atoms with Crippen LogP contribution in [0.2, 0.25) is 0 Å². The fraction of sp³-hybridized carbons (Fsp3) is 0.265. The van der Waals surface area contributed by atoms with Crippen molar-refractivity contribution in [1.29, 1.82) is 0 Å². The molecule has 1 saturated heterocycles. The standard InChI is InChI=1S/C34H34N4O3S2/c1-24-15-16-31(25(2)19-24)38-32(20-28-13-8-12-27-11-6-7-14-30(27)28)35-36-34(38)42-22-33(39)37(21-26-9-4-3-5-10-26)29-17-18-43(40,41)23-29/h3-16,19,29H,17-18,20-23H2,1-2H3/t29-/m1/s1. The number of aromatic nitrogens is 3. The predicted molar refractivity (Wildman–Crippen MR) is 172 cm³/mol. The Morgan fingerprint density at radius 3 is 2.49 bits per heavy atom. The Labute approximate surface area is 256 Å². The van der Waals surface area contributed by atoms with Gasteiger partial charge in [-0.3, -0.25) is 9.36 Å². The second-order valence-electron chi connectivity index (χ2n) is 11.2. The molecule has 1 atom stereocenters. The molecule has 0 N–H and O–H groups in total. The third-order valence-corrected chi connectivity index (χ3v) is 10.7. The van der Waals surface area contributed by atoms with E-state index in [9.17, 15) is 13.2 Å². The van der Waals surface area contributed by atoms with Gasteiger partial charge >= 0.3 is 0 Å². The van der Waals surface area contributed by atoms with Crippen molar-refractivity contribution in [3.8, 4) is 5.69 Å². The molecule has 1 aromatic heterocycles. The van der Waals surface area contributed by atoms with Crippen molar-refractivity contribution in [3.05, 3.63) is 119 Å². The van der Waals surface area contributed by atoms with E-state index in [0.29, 0.717) is 24.5 Å². The maximum Gasteiger partial charge on any atom is 0.233 e. The topological polar surface area (TPSA) is 85.2 Å². The number of carbonyl (C=O) groups is 1. The lowest BCUT2D eigenvalue weighted by atomic mass is 10.0. The summed E-state index contributed by atoms with van der Waals surface area (Å²) < 4.78 is 26.7. The molecular weight excluding hydrogens is 577 g/mol. The Bertz CT molecular complexity index is 1880. The third kappa shape index (κ3) is 6.53. The van der Waals surface area contributed by atoms with Gasteiger partial charge in [-0.15, -0.1) is 10.2 Å². The van der Waals surface area contributed by atoms with Crippen LogP contribution in [0.15, 0.2) is 96.2 Å². The summed E-state index contributed by atoms with van der Waals surface area (Å²) in [6, 6.07) is 30.3. The van der Waals surface area contributed by atoms with E-state index in [2.05, 4.69) is 77.1 Å². The molecule has 1 aliphatic rings. The Morgan fingerprint density at radius 2 is 1.72 bits per heavy atom. The van der Waals surface area contributed by atoms with Gasteiger partial charge in [0.05, 0.1) is 22.9 Å². The lowest BCUT2D eigenvalue weighted by molar-refractivity contribution is -0.130. The summed E-state index contributed by atoms with van der Waals surface area (Å²) in [6.07, 6.45) is 1.04. The molecule has 0 unspecified atom stereocenters. The van der Waals surface area contributed by atoms with E-state index in [4.69, 9.17) is 0 Å². The lowest BCUT2D eigenvalue weighted by Gasteiger charge is -2.28. The lowest BCUT2D eigenvalue weighted by Crippen LogP contribution is -2.41. The van der Waals surface area contributed by atoms with Crippen molar-refractivity contribution in [2.24, 2.45) is 0 Å². The first-order valence-corrected chi connectivity index (χ1v) is 17.2. The summed E-state index contributed by atoms with van der Waals surface area (Å²) in [5.74, 6) is 0.926. The number of hydrogen-bond donors (Lipinski definition) is 0. The molecule has 1 fully saturated rings. The van der Waals surface area contributed by atoms with Crippen molar-refractivity contribution >= 4 is 38.3 Å². The molecule has 0 aliphatic carbocycles. The number of fused-ring (bicyclic) bond motifs is 1. The minimum Gasteiger partial charge on any atom is -0.334 e. The molecule has 0 bridgehead atoms. The third-order valence-electron chi connectivity index (χ3n) is 8.01. The summed E-state index contributed by atoms with van der Waals surface area (Å²) in [5, 5.41) is 12.2. The molecule has 43 heavy (non-hydrogen) atoms. The monoisotopic (exact) mass is 610 g/mol. The van der Waals surface area contributed by atoms with Gasteiger partial charge in [0.15, 0.2) is 15.0 Å². The first-order valence-electron chi connectivity index (χ1n) is 14.4. The van der Waals surface area contributed by atoms with Gasteiger partial charge in [-0.25, -0.2) is 8.42 Å². The van der Waals surface area contributed by atoms with E-state index >= 15 is 0 Å². The molecule has 9 heteroatoms. The van der Waals surface area contributed by atoms with Crippen LogP contribution in [0, 0.1) is 13.8 Å².